The van der Waals surface area contributed by atoms with Crippen molar-refractivity contribution in [1.29, 1.82) is 0 Å². The van der Waals surface area contributed by atoms with Crippen molar-refractivity contribution in [1.82, 2.24) is 0 Å². The smallest absolute Gasteiger partial charge is 0.0351 e. The average molecular weight is 346 g/mol. The third-order valence-corrected chi connectivity index (χ3v) is 4.82. The second-order valence-corrected chi connectivity index (χ2v) is 8.85. The number of anilines is 1. The van der Waals surface area contributed by atoms with E-state index in [9.17, 15) is 0 Å². The maximum absolute atomic E-state index is 3.57. The first-order valence-electron chi connectivity index (χ1n) is 9.57. The molecule has 0 fully saturated rings. The van der Waals surface area contributed by atoms with Crippen LogP contribution < -0.4 is 5.32 Å². The van der Waals surface area contributed by atoms with Gasteiger partial charge in [-0.25, -0.2) is 0 Å². The first-order chi connectivity index (χ1) is 12.1. The van der Waals surface area contributed by atoms with Gasteiger partial charge in [-0.2, -0.15) is 0 Å². The summed E-state index contributed by atoms with van der Waals surface area (Å²) in [5, 5.41) is 3.57. The quantitative estimate of drug-likeness (QED) is 0.529. The molecule has 2 aliphatic rings. The van der Waals surface area contributed by atoms with Gasteiger partial charge in [0.1, 0.15) is 0 Å². The van der Waals surface area contributed by atoms with E-state index in [1.165, 1.54) is 44.6 Å². The molecule has 0 saturated carbocycles. The Morgan fingerprint density at radius 1 is 0.769 bits per heavy atom. The number of rotatable bonds is 3. The summed E-state index contributed by atoms with van der Waals surface area (Å²) in [4.78, 5) is 0. The topological polar surface area (TPSA) is 12.0 Å². The lowest BCUT2D eigenvalue weighted by molar-refractivity contribution is 0.594. The SMILES string of the molecule is Cc1ccc2cc(C(C)(C)C)c(-c3cc(C)cc(NC(C)C)c3)c-2cc1. The van der Waals surface area contributed by atoms with Crippen LogP contribution in [0.25, 0.3) is 22.3 Å². The molecule has 0 aromatic heterocycles. The van der Waals surface area contributed by atoms with Crippen molar-refractivity contribution < 1.29 is 0 Å². The highest BCUT2D eigenvalue weighted by Gasteiger charge is 2.25. The van der Waals surface area contributed by atoms with Crippen molar-refractivity contribution in [2.45, 2.75) is 59.9 Å². The zero-order chi connectivity index (χ0) is 19.1. The summed E-state index contributed by atoms with van der Waals surface area (Å²) in [6.45, 7) is 15.6. The molecule has 0 aliphatic heterocycles. The molecule has 1 aromatic carbocycles. The van der Waals surface area contributed by atoms with Crippen molar-refractivity contribution >= 4 is 5.69 Å². The van der Waals surface area contributed by atoms with Gasteiger partial charge < -0.3 is 5.32 Å². The predicted molar refractivity (Wildman–Crippen MR) is 115 cm³/mol. The Hall–Kier alpha value is -2.28. The highest BCUT2D eigenvalue weighted by Crippen LogP contribution is 2.44. The van der Waals surface area contributed by atoms with Gasteiger partial charge in [-0.05, 0) is 84.7 Å². The molecule has 0 radical (unpaired) electrons. The van der Waals surface area contributed by atoms with Crippen molar-refractivity contribution in [3.63, 3.8) is 0 Å². The minimum atomic E-state index is 0.0946. The minimum absolute atomic E-state index is 0.0946. The summed E-state index contributed by atoms with van der Waals surface area (Å²) in [6, 6.07) is 18.6. The van der Waals surface area contributed by atoms with Crippen LogP contribution in [0.3, 0.4) is 0 Å². The molecule has 0 heterocycles. The normalized spacial score (nSPS) is 12.0. The fourth-order valence-electron chi connectivity index (χ4n) is 3.65. The second kappa shape index (κ2) is 6.79. The maximum Gasteiger partial charge on any atom is 0.0351 e. The van der Waals surface area contributed by atoms with Gasteiger partial charge in [0.2, 0.25) is 0 Å². The molecule has 2 aliphatic carbocycles. The van der Waals surface area contributed by atoms with Crippen LogP contribution in [0.2, 0.25) is 0 Å². The van der Waals surface area contributed by atoms with Crippen molar-refractivity contribution in [3.05, 3.63) is 65.2 Å². The summed E-state index contributed by atoms with van der Waals surface area (Å²) < 4.78 is 0. The Bertz CT molecular complexity index is 897. The molecule has 1 N–H and O–H groups in total. The van der Waals surface area contributed by atoms with Gasteiger partial charge in [0.05, 0.1) is 0 Å². The monoisotopic (exact) mass is 345 g/mol. The summed E-state index contributed by atoms with van der Waals surface area (Å²) >= 11 is 0. The lowest BCUT2D eigenvalue weighted by Gasteiger charge is -2.21. The Balaban J connectivity index is 2.29. The molecule has 0 atom stereocenters. The molecule has 3 rings (SSSR count). The van der Waals surface area contributed by atoms with Crippen LogP contribution in [0.4, 0.5) is 5.69 Å². The van der Waals surface area contributed by atoms with Gasteiger partial charge >= 0.3 is 0 Å². The third kappa shape index (κ3) is 3.77. The van der Waals surface area contributed by atoms with E-state index in [-0.39, 0.29) is 5.41 Å². The molecule has 1 heteroatoms. The fourth-order valence-corrected chi connectivity index (χ4v) is 3.65. The van der Waals surface area contributed by atoms with E-state index in [0.717, 1.165) is 0 Å². The van der Waals surface area contributed by atoms with E-state index < -0.39 is 0 Å². The van der Waals surface area contributed by atoms with E-state index in [2.05, 4.69) is 102 Å². The number of hydrogen-bond donors (Lipinski definition) is 1. The van der Waals surface area contributed by atoms with Gasteiger partial charge in [0, 0.05) is 11.7 Å². The van der Waals surface area contributed by atoms with Crippen LogP contribution in [-0.2, 0) is 5.41 Å². The summed E-state index contributed by atoms with van der Waals surface area (Å²) in [5.74, 6) is 0. The van der Waals surface area contributed by atoms with Crippen LogP contribution >= 0.6 is 0 Å². The third-order valence-electron chi connectivity index (χ3n) is 4.82. The van der Waals surface area contributed by atoms with Gasteiger partial charge in [0.25, 0.3) is 0 Å². The van der Waals surface area contributed by atoms with Gasteiger partial charge in [-0.3, -0.25) is 0 Å². The van der Waals surface area contributed by atoms with Gasteiger partial charge in [-0.15, -0.1) is 0 Å². The van der Waals surface area contributed by atoms with Crippen molar-refractivity contribution in [2.24, 2.45) is 0 Å². The molecular weight excluding hydrogens is 314 g/mol. The predicted octanol–water partition coefficient (Wildman–Crippen LogP) is 7.19. The molecule has 0 saturated heterocycles. The van der Waals surface area contributed by atoms with Crippen LogP contribution in [-0.4, -0.2) is 6.04 Å². The van der Waals surface area contributed by atoms with Crippen LogP contribution in [0.1, 0.15) is 51.3 Å². The van der Waals surface area contributed by atoms with E-state index in [1.54, 1.807) is 0 Å². The second-order valence-electron chi connectivity index (χ2n) is 8.85. The molecule has 26 heavy (non-hydrogen) atoms. The number of nitrogens with one attached hydrogen (secondary N) is 1. The van der Waals surface area contributed by atoms with Crippen LogP contribution in [0.15, 0.2) is 48.5 Å². The Kier molecular flexibility index (Phi) is 4.84. The Morgan fingerprint density at radius 2 is 1.46 bits per heavy atom. The highest BCUT2D eigenvalue weighted by molar-refractivity contribution is 5.91. The molecule has 0 spiro atoms. The fraction of sp³-hybridized carbons (Fsp3) is 0.360. The first kappa shape index (κ1) is 18.5. The number of aryl methyl sites for hydroxylation is 2. The molecule has 1 nitrogen and oxygen atoms in total. The number of benzene rings is 1. The van der Waals surface area contributed by atoms with E-state index in [4.69, 9.17) is 0 Å². The summed E-state index contributed by atoms with van der Waals surface area (Å²) in [6.07, 6.45) is 0. The molecule has 136 valence electrons. The Morgan fingerprint density at radius 3 is 2.12 bits per heavy atom. The van der Waals surface area contributed by atoms with E-state index in [1.807, 2.05) is 0 Å². The lowest BCUT2D eigenvalue weighted by Crippen LogP contribution is -2.12. The average Bonchev–Trinajstić information content (AvgIpc) is 2.79. The maximum atomic E-state index is 3.57. The molecule has 0 bridgehead atoms. The molecular formula is C25H31N. The first-order valence-corrected chi connectivity index (χ1v) is 9.57. The minimum Gasteiger partial charge on any atom is -0.383 e. The number of fused-ring (bicyclic) bond motifs is 1. The standard InChI is InChI=1S/C25H31N/c1-16(2)26-21-13-18(4)12-20(14-21)24-22-11-9-17(3)8-10-19(22)15-23(24)25(5,6)7/h8-16,26H,1-7H3. The molecule has 0 amide bonds. The van der Waals surface area contributed by atoms with Gasteiger partial charge in [-0.1, -0.05) is 56.7 Å². The molecule has 1 aromatic rings. The summed E-state index contributed by atoms with van der Waals surface area (Å²) in [5.41, 5.74) is 10.6. The zero-order valence-corrected chi connectivity index (χ0v) is 17.2. The lowest BCUT2D eigenvalue weighted by atomic mass is 9.83. The van der Waals surface area contributed by atoms with Crippen molar-refractivity contribution in [2.75, 3.05) is 5.32 Å². The zero-order valence-electron chi connectivity index (χ0n) is 17.2. The highest BCUT2D eigenvalue weighted by atomic mass is 14.9. The largest absolute Gasteiger partial charge is 0.383 e. The van der Waals surface area contributed by atoms with Crippen molar-refractivity contribution in [3.8, 4) is 22.3 Å². The van der Waals surface area contributed by atoms with Crippen LogP contribution in [0.5, 0.6) is 0 Å². The summed E-state index contributed by atoms with van der Waals surface area (Å²) in [7, 11) is 0. The Labute approximate surface area is 158 Å². The molecule has 0 unspecified atom stereocenters. The van der Waals surface area contributed by atoms with Gasteiger partial charge in [0.15, 0.2) is 0 Å². The van der Waals surface area contributed by atoms with Crippen LogP contribution in [0, 0.1) is 13.8 Å². The van der Waals surface area contributed by atoms with E-state index in [0.29, 0.717) is 6.04 Å². The number of hydrogen-bond acceptors (Lipinski definition) is 1. The van der Waals surface area contributed by atoms with E-state index >= 15 is 0 Å².